The maximum atomic E-state index is 12.8. The SMILES string of the molecule is CCCOS(=O)c1ccc(Nc2nc(Cl)nc(Nc3ccc(-c4ccc(Nc5nc(Cl)nc(Nc6ccc(S(=O)OCCOS(=O)(=O)O)cc6)n5)cc4S(=O)(=O)O)c(S(=O)(=O)O)c3)n2)cc1. The maximum Gasteiger partial charge on any atom is 0.397 e. The molecule has 0 aliphatic carbocycles. The molecule has 2 atom stereocenters. The van der Waals surface area contributed by atoms with Crippen molar-refractivity contribution in [2.45, 2.75) is 32.9 Å². The lowest BCUT2D eigenvalue weighted by Gasteiger charge is -2.15. The van der Waals surface area contributed by atoms with E-state index in [0.29, 0.717) is 29.3 Å². The standard InChI is InChI=1S/C35H32Cl2N10O14S5/c1-2-15-59-62(48)24-9-3-20(4-10-24)38-32-42-30(36)44-34(46-32)40-22-7-13-26(28(18-22)64(50,51)52)27-14-8-23(19-29(27)65(53,54)55)41-35-45-31(37)43-33(47-35)39-21-5-11-25(12-6-21)63(49)60-16-17-61-66(56,57)58/h3-14,18-19H,2,15-17H2,1H3,(H,50,51,52)(H,53,54,55)(H,56,57,58)(H2,38,40,42,44,46)(H2,39,41,43,45,47). The van der Waals surface area contributed by atoms with E-state index >= 15 is 0 Å². The minimum absolute atomic E-state index is 0.0108. The molecule has 31 heteroatoms. The third-order valence-corrected chi connectivity index (χ3v) is 12.7. The van der Waals surface area contributed by atoms with Gasteiger partial charge in [0.25, 0.3) is 20.2 Å². The van der Waals surface area contributed by atoms with Crippen LogP contribution in [0.15, 0.2) is 105 Å². The normalized spacial score (nSPS) is 12.9. The second kappa shape index (κ2) is 21.5. The summed E-state index contributed by atoms with van der Waals surface area (Å²) in [5.41, 5.74) is 0.0985. The molecule has 0 aliphatic heterocycles. The lowest BCUT2D eigenvalue weighted by Crippen LogP contribution is -2.11. The smallest absolute Gasteiger partial charge is 0.324 e. The van der Waals surface area contributed by atoms with Crippen LogP contribution >= 0.6 is 23.2 Å². The fourth-order valence-corrected chi connectivity index (χ4v) is 8.94. The van der Waals surface area contributed by atoms with E-state index in [4.69, 9.17) is 36.1 Å². The number of halogens is 2. The molecule has 6 aromatic rings. The van der Waals surface area contributed by atoms with Crippen LogP contribution in [0.5, 0.6) is 0 Å². The molecular weight excluding hydrogens is 1020 g/mol. The second-order valence-corrected chi connectivity index (χ2v) is 19.7. The van der Waals surface area contributed by atoms with Crippen LogP contribution in [0.2, 0.25) is 10.6 Å². The van der Waals surface area contributed by atoms with Gasteiger partial charge in [0, 0.05) is 33.9 Å². The van der Waals surface area contributed by atoms with Crippen LogP contribution in [0, 0.1) is 0 Å². The Kier molecular flexibility index (Phi) is 16.3. The number of hydrogen-bond donors (Lipinski definition) is 7. The minimum atomic E-state index is -5.11. The van der Waals surface area contributed by atoms with Gasteiger partial charge < -0.3 is 21.3 Å². The third kappa shape index (κ3) is 14.3. The zero-order chi connectivity index (χ0) is 47.8. The molecule has 4 aromatic carbocycles. The molecule has 6 rings (SSSR count). The molecule has 24 nitrogen and oxygen atoms in total. The van der Waals surface area contributed by atoms with E-state index in [1.165, 1.54) is 36.4 Å². The quantitative estimate of drug-likeness (QED) is 0.0330. The number of aromatic nitrogens is 6. The number of nitrogens with one attached hydrogen (secondary N) is 4. The molecule has 0 bridgehead atoms. The predicted molar refractivity (Wildman–Crippen MR) is 240 cm³/mol. The van der Waals surface area contributed by atoms with Crippen LogP contribution in [0.25, 0.3) is 11.1 Å². The van der Waals surface area contributed by atoms with Gasteiger partial charge in [-0.25, -0.2) is 12.6 Å². The number of hydrogen-bond acceptors (Lipinski definition) is 21. The van der Waals surface area contributed by atoms with Gasteiger partial charge in [0.05, 0.1) is 29.6 Å². The monoisotopic (exact) mass is 1050 g/mol. The van der Waals surface area contributed by atoms with Crippen molar-refractivity contribution in [2.75, 3.05) is 41.1 Å². The van der Waals surface area contributed by atoms with Crippen LogP contribution in [0.4, 0.5) is 46.5 Å². The number of rotatable bonds is 21. The molecule has 0 saturated carbocycles. The van der Waals surface area contributed by atoms with Gasteiger partial charge in [0.15, 0.2) is 22.2 Å². The van der Waals surface area contributed by atoms with E-state index in [1.807, 2.05) is 6.92 Å². The molecule has 66 heavy (non-hydrogen) atoms. The molecule has 0 spiro atoms. The molecule has 2 unspecified atom stereocenters. The summed E-state index contributed by atoms with van der Waals surface area (Å²) in [5.74, 6) is -0.557. The first-order valence-electron chi connectivity index (χ1n) is 18.2. The van der Waals surface area contributed by atoms with Gasteiger partial charge >= 0.3 is 10.4 Å². The van der Waals surface area contributed by atoms with E-state index in [0.717, 1.165) is 24.3 Å². The molecule has 2 aromatic heterocycles. The van der Waals surface area contributed by atoms with Crippen molar-refractivity contribution < 1.29 is 59.9 Å². The van der Waals surface area contributed by atoms with Crippen molar-refractivity contribution in [3.8, 4) is 11.1 Å². The summed E-state index contributed by atoms with van der Waals surface area (Å²) in [6.07, 6.45) is 0.690. The van der Waals surface area contributed by atoms with Crippen LogP contribution in [-0.4, -0.2) is 97.1 Å². The van der Waals surface area contributed by atoms with Crippen molar-refractivity contribution >= 4 is 123 Å². The highest BCUT2D eigenvalue weighted by Crippen LogP contribution is 2.37. The van der Waals surface area contributed by atoms with E-state index in [9.17, 15) is 42.8 Å². The van der Waals surface area contributed by atoms with Crippen LogP contribution in [0.3, 0.4) is 0 Å². The summed E-state index contributed by atoms with van der Waals surface area (Å²) in [5, 5.41) is 10.6. The van der Waals surface area contributed by atoms with E-state index in [1.54, 1.807) is 24.3 Å². The van der Waals surface area contributed by atoms with E-state index < -0.39 is 75.8 Å². The molecular formula is C35H32Cl2N10O14S5. The average Bonchev–Trinajstić information content (AvgIpc) is 3.23. The third-order valence-electron chi connectivity index (χ3n) is 8.04. The molecule has 0 amide bonds. The largest absolute Gasteiger partial charge is 0.397 e. The molecule has 0 radical (unpaired) electrons. The highest BCUT2D eigenvalue weighted by molar-refractivity contribution is 7.86. The topological polar surface area (TPSA) is 350 Å². The molecule has 0 aliphatic rings. The number of benzene rings is 4. The van der Waals surface area contributed by atoms with E-state index in [2.05, 4.69) is 55.4 Å². The van der Waals surface area contributed by atoms with Gasteiger partial charge in [-0.15, -0.1) is 0 Å². The minimum Gasteiger partial charge on any atom is -0.324 e. The fourth-order valence-electron chi connectivity index (χ4n) is 5.36. The van der Waals surface area contributed by atoms with Crippen molar-refractivity contribution in [1.82, 2.24) is 29.9 Å². The van der Waals surface area contributed by atoms with E-state index in [-0.39, 0.29) is 61.8 Å². The number of nitrogens with zero attached hydrogens (tertiary/aromatic N) is 6. The summed E-state index contributed by atoms with van der Waals surface area (Å²) in [6, 6.07) is 18.9. The second-order valence-electron chi connectivity index (χ2n) is 12.8. The Labute approximate surface area is 390 Å². The van der Waals surface area contributed by atoms with Gasteiger partial charge in [-0.3, -0.25) is 22.0 Å². The summed E-state index contributed by atoms with van der Waals surface area (Å²) >= 11 is 8.59. The lowest BCUT2D eigenvalue weighted by molar-refractivity contribution is 0.212. The number of anilines is 8. The van der Waals surface area contributed by atoms with Crippen molar-refractivity contribution in [1.29, 1.82) is 0 Å². The average molecular weight is 1050 g/mol. The Balaban J connectivity index is 1.19. The van der Waals surface area contributed by atoms with Gasteiger partial charge in [-0.1, -0.05) is 19.1 Å². The summed E-state index contributed by atoms with van der Waals surface area (Å²) in [4.78, 5) is 23.4. The summed E-state index contributed by atoms with van der Waals surface area (Å²) < 4.78 is 140. The first kappa shape index (κ1) is 50.0. The first-order chi connectivity index (χ1) is 31.1. The van der Waals surface area contributed by atoms with Crippen LogP contribution in [0.1, 0.15) is 13.3 Å². The highest BCUT2D eigenvalue weighted by Gasteiger charge is 2.25. The molecule has 0 fully saturated rings. The summed E-state index contributed by atoms with van der Waals surface area (Å²) in [6.45, 7) is 1.21. The molecule has 0 saturated heterocycles. The first-order valence-corrected chi connectivity index (χ1v) is 25.4. The Bertz CT molecular complexity index is 3140. The lowest BCUT2D eigenvalue weighted by atomic mass is 10.0. The Morgan fingerprint density at radius 1 is 0.515 bits per heavy atom. The Hall–Kier alpha value is -5.41. The van der Waals surface area contributed by atoms with Crippen molar-refractivity contribution in [3.05, 3.63) is 95.5 Å². The van der Waals surface area contributed by atoms with Gasteiger partial charge in [0.2, 0.25) is 34.4 Å². The zero-order valence-corrected chi connectivity index (χ0v) is 38.8. The summed E-state index contributed by atoms with van der Waals surface area (Å²) in [7, 11) is -14.9. The van der Waals surface area contributed by atoms with Gasteiger partial charge in [-0.2, -0.15) is 55.2 Å². The van der Waals surface area contributed by atoms with Crippen molar-refractivity contribution in [3.63, 3.8) is 0 Å². The fraction of sp³-hybridized carbons (Fsp3) is 0.143. The van der Waals surface area contributed by atoms with Crippen molar-refractivity contribution in [2.24, 2.45) is 0 Å². The Morgan fingerprint density at radius 3 is 1.21 bits per heavy atom. The van der Waals surface area contributed by atoms with Gasteiger partial charge in [0.1, 0.15) is 9.79 Å². The Morgan fingerprint density at radius 2 is 0.864 bits per heavy atom. The predicted octanol–water partition coefficient (Wildman–Crippen LogP) is 5.81. The van der Waals surface area contributed by atoms with Crippen LogP contribution < -0.4 is 21.3 Å². The zero-order valence-electron chi connectivity index (χ0n) is 33.2. The molecule has 7 N–H and O–H groups in total. The highest BCUT2D eigenvalue weighted by atomic mass is 35.5. The molecule has 2 heterocycles. The van der Waals surface area contributed by atoms with Gasteiger partial charge in [-0.05, 0) is 102 Å². The maximum absolute atomic E-state index is 12.8. The van der Waals surface area contributed by atoms with Crippen LogP contribution in [-0.2, 0) is 65.3 Å². The molecule has 350 valence electrons.